The first-order valence-electron chi connectivity index (χ1n) is 6.57. The van der Waals surface area contributed by atoms with Crippen LogP contribution in [0.15, 0.2) is 36.7 Å². The van der Waals surface area contributed by atoms with Gasteiger partial charge in [0.15, 0.2) is 0 Å². The fourth-order valence-electron chi connectivity index (χ4n) is 1.89. The maximum absolute atomic E-state index is 5.75. The van der Waals surface area contributed by atoms with E-state index in [1.54, 1.807) is 11.6 Å². The van der Waals surface area contributed by atoms with E-state index >= 15 is 0 Å². The van der Waals surface area contributed by atoms with Gasteiger partial charge in [0, 0.05) is 23.8 Å². The molecule has 1 aromatic heterocycles. The number of hydrogen-bond donors (Lipinski definition) is 0. The van der Waals surface area contributed by atoms with Crippen LogP contribution in [0.3, 0.4) is 0 Å². The Labute approximate surface area is 119 Å². The van der Waals surface area contributed by atoms with Crippen molar-refractivity contribution in [3.8, 4) is 11.4 Å². The fraction of sp³-hybridized carbons (Fsp3) is 0.333. The maximum Gasteiger partial charge on any atom is 0.147 e. The number of hydrogen-bond acceptors (Lipinski definition) is 3. The predicted octanol–water partition coefficient (Wildman–Crippen LogP) is 3.79. The normalized spacial score (nSPS) is 10.4. The van der Waals surface area contributed by atoms with Gasteiger partial charge in [-0.3, -0.25) is 4.57 Å². The van der Waals surface area contributed by atoms with Crippen LogP contribution in [0.1, 0.15) is 32.0 Å². The SMILES string of the molecule is CCCCCOc1cccc(-n2ccnc2C=S)c1. The van der Waals surface area contributed by atoms with Crippen LogP contribution in [0, 0.1) is 0 Å². The van der Waals surface area contributed by atoms with Gasteiger partial charge in [-0.25, -0.2) is 4.98 Å². The molecule has 0 radical (unpaired) electrons. The molecule has 0 unspecified atom stereocenters. The molecule has 1 heterocycles. The van der Waals surface area contributed by atoms with Crippen LogP contribution in [0.25, 0.3) is 5.69 Å². The van der Waals surface area contributed by atoms with Crippen molar-refractivity contribution >= 4 is 17.6 Å². The highest BCUT2D eigenvalue weighted by Crippen LogP contribution is 2.18. The van der Waals surface area contributed by atoms with Gasteiger partial charge < -0.3 is 4.74 Å². The minimum atomic E-state index is 0.762. The van der Waals surface area contributed by atoms with Crippen LogP contribution in [0.4, 0.5) is 0 Å². The average molecular weight is 274 g/mol. The lowest BCUT2D eigenvalue weighted by Gasteiger charge is -2.09. The van der Waals surface area contributed by atoms with E-state index in [1.807, 2.05) is 35.0 Å². The van der Waals surface area contributed by atoms with E-state index < -0.39 is 0 Å². The molecule has 3 nitrogen and oxygen atoms in total. The van der Waals surface area contributed by atoms with Crippen molar-refractivity contribution in [1.29, 1.82) is 0 Å². The molecule has 4 heteroatoms. The van der Waals surface area contributed by atoms with E-state index in [4.69, 9.17) is 17.0 Å². The number of benzene rings is 1. The minimum absolute atomic E-state index is 0.762. The van der Waals surface area contributed by atoms with E-state index in [0.29, 0.717) is 0 Å². The number of aromatic nitrogens is 2. The number of thiocarbonyl (C=S) groups is 1. The van der Waals surface area contributed by atoms with Crippen molar-refractivity contribution in [2.75, 3.05) is 6.61 Å². The van der Waals surface area contributed by atoms with Crippen LogP contribution in [-0.4, -0.2) is 21.5 Å². The van der Waals surface area contributed by atoms with Crippen LogP contribution in [0.5, 0.6) is 5.75 Å². The smallest absolute Gasteiger partial charge is 0.147 e. The molecule has 0 aliphatic heterocycles. The van der Waals surface area contributed by atoms with Gasteiger partial charge in [-0.05, 0) is 18.6 Å². The van der Waals surface area contributed by atoms with Crippen molar-refractivity contribution in [3.63, 3.8) is 0 Å². The summed E-state index contributed by atoms with van der Waals surface area (Å²) in [6.45, 7) is 2.95. The van der Waals surface area contributed by atoms with E-state index in [0.717, 1.165) is 30.3 Å². The molecule has 0 saturated heterocycles. The maximum atomic E-state index is 5.75. The van der Waals surface area contributed by atoms with Gasteiger partial charge >= 0.3 is 0 Å². The number of imidazole rings is 1. The highest BCUT2D eigenvalue weighted by Gasteiger charge is 2.03. The summed E-state index contributed by atoms with van der Waals surface area (Å²) in [5.41, 5.74) is 1.02. The summed E-state index contributed by atoms with van der Waals surface area (Å²) < 4.78 is 7.70. The Kier molecular flexibility index (Phi) is 5.10. The lowest BCUT2D eigenvalue weighted by molar-refractivity contribution is 0.306. The first kappa shape index (κ1) is 13.7. The zero-order chi connectivity index (χ0) is 13.5. The van der Waals surface area contributed by atoms with E-state index in [9.17, 15) is 0 Å². The first-order valence-corrected chi connectivity index (χ1v) is 7.04. The molecule has 0 N–H and O–H groups in total. The van der Waals surface area contributed by atoms with Crippen molar-refractivity contribution < 1.29 is 4.74 Å². The Morgan fingerprint density at radius 1 is 1.37 bits per heavy atom. The van der Waals surface area contributed by atoms with Gasteiger partial charge in [0.2, 0.25) is 0 Å². The molecule has 100 valence electrons. The number of unbranched alkanes of at least 4 members (excludes halogenated alkanes) is 2. The molecular formula is C15H18N2OS. The Morgan fingerprint density at radius 2 is 2.26 bits per heavy atom. The molecule has 19 heavy (non-hydrogen) atoms. The average Bonchev–Trinajstić information content (AvgIpc) is 2.92. The summed E-state index contributed by atoms with van der Waals surface area (Å²) in [6.07, 6.45) is 7.14. The molecule has 0 atom stereocenters. The van der Waals surface area contributed by atoms with Crippen LogP contribution in [0.2, 0.25) is 0 Å². The molecule has 0 saturated carbocycles. The molecule has 0 amide bonds. The Hall–Kier alpha value is -1.68. The predicted molar refractivity (Wildman–Crippen MR) is 81.3 cm³/mol. The summed E-state index contributed by atoms with van der Waals surface area (Å²) in [6, 6.07) is 7.99. The van der Waals surface area contributed by atoms with Crippen molar-refractivity contribution in [1.82, 2.24) is 9.55 Å². The Bertz CT molecular complexity index is 536. The molecule has 0 fully saturated rings. The zero-order valence-electron chi connectivity index (χ0n) is 11.1. The molecular weight excluding hydrogens is 256 g/mol. The van der Waals surface area contributed by atoms with Crippen molar-refractivity contribution in [2.24, 2.45) is 0 Å². The van der Waals surface area contributed by atoms with Gasteiger partial charge in [0.1, 0.15) is 11.6 Å². The van der Waals surface area contributed by atoms with Gasteiger partial charge in [-0.15, -0.1) is 0 Å². The van der Waals surface area contributed by atoms with Gasteiger partial charge in [-0.2, -0.15) is 0 Å². The van der Waals surface area contributed by atoms with E-state index in [2.05, 4.69) is 11.9 Å². The molecule has 0 spiro atoms. The van der Waals surface area contributed by atoms with Gasteiger partial charge in [-0.1, -0.05) is 38.0 Å². The van der Waals surface area contributed by atoms with E-state index in [-0.39, 0.29) is 0 Å². The highest BCUT2D eigenvalue weighted by molar-refractivity contribution is 7.79. The van der Waals surface area contributed by atoms with Crippen molar-refractivity contribution in [2.45, 2.75) is 26.2 Å². The summed E-state index contributed by atoms with van der Waals surface area (Å²) in [4.78, 5) is 4.19. The zero-order valence-corrected chi connectivity index (χ0v) is 11.9. The topological polar surface area (TPSA) is 27.1 Å². The number of ether oxygens (including phenoxy) is 1. The summed E-state index contributed by atoms with van der Waals surface area (Å²) in [7, 11) is 0. The van der Waals surface area contributed by atoms with Crippen LogP contribution >= 0.6 is 12.2 Å². The van der Waals surface area contributed by atoms with E-state index in [1.165, 1.54) is 12.8 Å². The van der Waals surface area contributed by atoms with Crippen LogP contribution < -0.4 is 4.74 Å². The lowest BCUT2D eigenvalue weighted by atomic mass is 10.2. The standard InChI is InChI=1S/C15H18N2OS/c1-2-3-4-10-18-14-7-5-6-13(11-14)17-9-8-16-15(17)12-19/h5-9,11-12H,2-4,10H2,1H3. The third-order valence-corrected chi connectivity index (χ3v) is 3.10. The lowest BCUT2D eigenvalue weighted by Crippen LogP contribution is -2.00. The molecule has 2 rings (SSSR count). The molecule has 1 aromatic carbocycles. The highest BCUT2D eigenvalue weighted by atomic mass is 32.1. The molecule has 0 aliphatic rings. The largest absolute Gasteiger partial charge is 0.494 e. The molecule has 2 aromatic rings. The third-order valence-electron chi connectivity index (χ3n) is 2.89. The summed E-state index contributed by atoms with van der Waals surface area (Å²) in [5.74, 6) is 1.65. The van der Waals surface area contributed by atoms with Crippen LogP contribution in [-0.2, 0) is 0 Å². The Morgan fingerprint density at radius 3 is 3.05 bits per heavy atom. The molecule has 0 bridgehead atoms. The third kappa shape index (κ3) is 3.64. The summed E-state index contributed by atoms with van der Waals surface area (Å²) >= 11 is 4.95. The monoisotopic (exact) mass is 274 g/mol. The number of rotatable bonds is 7. The Balaban J connectivity index is 2.09. The fourth-order valence-corrected chi connectivity index (χ4v) is 2.06. The van der Waals surface area contributed by atoms with Gasteiger partial charge in [0.05, 0.1) is 12.3 Å². The summed E-state index contributed by atoms with van der Waals surface area (Å²) in [5, 5.41) is 1.58. The second kappa shape index (κ2) is 7.04. The van der Waals surface area contributed by atoms with Gasteiger partial charge in [0.25, 0.3) is 0 Å². The minimum Gasteiger partial charge on any atom is -0.494 e. The molecule has 0 aliphatic carbocycles. The quantitative estimate of drug-likeness (QED) is 0.568. The first-order chi connectivity index (χ1) is 9.35. The second-order valence-corrected chi connectivity index (χ2v) is 4.56. The number of nitrogens with zero attached hydrogens (tertiary/aromatic N) is 2. The second-order valence-electron chi connectivity index (χ2n) is 4.33. The van der Waals surface area contributed by atoms with Crippen molar-refractivity contribution in [3.05, 3.63) is 42.5 Å².